The Kier molecular flexibility index (Phi) is 7.64. The molecule has 0 aromatic rings. The molecule has 0 aromatic carbocycles. The summed E-state index contributed by atoms with van der Waals surface area (Å²) in [5.41, 5.74) is 0. The largest absolute Gasteiger partial charge is 0.379 e. The van der Waals surface area contributed by atoms with E-state index in [9.17, 15) is 4.79 Å². The van der Waals surface area contributed by atoms with Gasteiger partial charge in [-0.3, -0.25) is 4.79 Å². The van der Waals surface area contributed by atoms with E-state index >= 15 is 0 Å². The van der Waals surface area contributed by atoms with Crippen molar-refractivity contribution in [2.45, 2.75) is 38.8 Å². The molecule has 1 atom stereocenters. The molecule has 4 nitrogen and oxygen atoms in total. The molecule has 1 aliphatic heterocycles. The van der Waals surface area contributed by atoms with Crippen molar-refractivity contribution in [1.29, 1.82) is 0 Å². The van der Waals surface area contributed by atoms with Crippen molar-refractivity contribution in [1.82, 2.24) is 10.6 Å². The third kappa shape index (κ3) is 6.91. The maximum absolute atomic E-state index is 11.7. The maximum atomic E-state index is 11.7. The maximum Gasteiger partial charge on any atom is 0.237 e. The van der Waals surface area contributed by atoms with E-state index in [4.69, 9.17) is 4.74 Å². The van der Waals surface area contributed by atoms with Gasteiger partial charge >= 0.3 is 0 Å². The summed E-state index contributed by atoms with van der Waals surface area (Å²) in [6, 6.07) is 0.000615. The van der Waals surface area contributed by atoms with Gasteiger partial charge in [0.1, 0.15) is 0 Å². The number of unbranched alkanes of at least 4 members (excludes halogenated alkanes) is 1. The minimum absolute atomic E-state index is 0.000615. The van der Waals surface area contributed by atoms with E-state index in [0.29, 0.717) is 6.10 Å². The Morgan fingerprint density at radius 2 is 2.35 bits per heavy atom. The molecule has 17 heavy (non-hydrogen) atoms. The van der Waals surface area contributed by atoms with Crippen molar-refractivity contribution < 1.29 is 9.53 Å². The average Bonchev–Trinajstić information content (AvgIpc) is 2.34. The van der Waals surface area contributed by atoms with Crippen LogP contribution in [-0.4, -0.2) is 49.3 Å². The van der Waals surface area contributed by atoms with Crippen molar-refractivity contribution in [3.05, 3.63) is 0 Å². The standard InChI is InChI=1S/C12H24N2O2S/c1-10(2)16-7-4-3-5-14-12(15)11-9-17-8-6-13-11/h10-11,13H,3-9H2,1-2H3,(H,14,15). The highest BCUT2D eigenvalue weighted by molar-refractivity contribution is 7.99. The summed E-state index contributed by atoms with van der Waals surface area (Å²) in [4.78, 5) is 11.7. The van der Waals surface area contributed by atoms with E-state index in [1.54, 1.807) is 0 Å². The van der Waals surface area contributed by atoms with Gasteiger partial charge in [-0.05, 0) is 26.7 Å². The van der Waals surface area contributed by atoms with Gasteiger partial charge in [0.25, 0.3) is 0 Å². The van der Waals surface area contributed by atoms with Gasteiger partial charge in [-0.25, -0.2) is 0 Å². The predicted molar refractivity (Wildman–Crippen MR) is 72.4 cm³/mol. The Balaban J connectivity index is 1.96. The third-order valence-electron chi connectivity index (χ3n) is 2.56. The molecule has 100 valence electrons. The van der Waals surface area contributed by atoms with Crippen molar-refractivity contribution in [3.63, 3.8) is 0 Å². The van der Waals surface area contributed by atoms with E-state index in [2.05, 4.69) is 10.6 Å². The summed E-state index contributed by atoms with van der Waals surface area (Å²) >= 11 is 1.84. The number of carbonyl (C=O) groups excluding carboxylic acids is 1. The van der Waals surface area contributed by atoms with Crippen molar-refractivity contribution in [2.75, 3.05) is 31.2 Å². The van der Waals surface area contributed by atoms with Crippen LogP contribution in [-0.2, 0) is 9.53 Å². The molecule has 1 amide bonds. The number of ether oxygens (including phenoxy) is 1. The molecule has 0 saturated carbocycles. The Hall–Kier alpha value is -0.260. The molecule has 1 aliphatic rings. The lowest BCUT2D eigenvalue weighted by Gasteiger charge is -2.22. The second-order valence-electron chi connectivity index (χ2n) is 4.50. The Labute approximate surface area is 108 Å². The SMILES string of the molecule is CC(C)OCCCCNC(=O)C1CSCCN1. The zero-order valence-electron chi connectivity index (χ0n) is 10.8. The summed E-state index contributed by atoms with van der Waals surface area (Å²) in [7, 11) is 0. The molecule has 1 fully saturated rings. The van der Waals surface area contributed by atoms with Gasteiger partial charge in [-0.2, -0.15) is 11.8 Å². The first kappa shape index (κ1) is 14.8. The number of amides is 1. The zero-order chi connectivity index (χ0) is 12.5. The van der Waals surface area contributed by atoms with Crippen LogP contribution in [0.4, 0.5) is 0 Å². The topological polar surface area (TPSA) is 50.4 Å². The predicted octanol–water partition coefficient (Wildman–Crippen LogP) is 1.01. The minimum Gasteiger partial charge on any atom is -0.379 e. The molecule has 1 unspecified atom stereocenters. The van der Waals surface area contributed by atoms with Crippen LogP contribution in [0.25, 0.3) is 0 Å². The fourth-order valence-corrected chi connectivity index (χ4v) is 2.55. The summed E-state index contributed by atoms with van der Waals surface area (Å²) in [5.74, 6) is 2.14. The Morgan fingerprint density at radius 3 is 3.00 bits per heavy atom. The molecule has 1 heterocycles. The molecule has 0 spiro atoms. The fraction of sp³-hybridized carbons (Fsp3) is 0.917. The molecule has 1 saturated heterocycles. The van der Waals surface area contributed by atoms with Gasteiger partial charge in [0.2, 0.25) is 5.91 Å². The van der Waals surface area contributed by atoms with E-state index in [1.807, 2.05) is 25.6 Å². The highest BCUT2D eigenvalue weighted by atomic mass is 32.2. The van der Waals surface area contributed by atoms with Gasteiger partial charge in [-0.1, -0.05) is 0 Å². The summed E-state index contributed by atoms with van der Waals surface area (Å²) in [5, 5.41) is 6.20. The minimum atomic E-state index is 0.000615. The monoisotopic (exact) mass is 260 g/mol. The lowest BCUT2D eigenvalue weighted by molar-refractivity contribution is -0.122. The second kappa shape index (κ2) is 8.78. The second-order valence-corrected chi connectivity index (χ2v) is 5.65. The lowest BCUT2D eigenvalue weighted by atomic mass is 10.2. The van der Waals surface area contributed by atoms with Crippen molar-refractivity contribution >= 4 is 17.7 Å². The molecule has 0 aromatic heterocycles. The van der Waals surface area contributed by atoms with Gasteiger partial charge in [0, 0.05) is 31.2 Å². The molecular formula is C12H24N2O2S. The van der Waals surface area contributed by atoms with E-state index in [1.165, 1.54) is 0 Å². The van der Waals surface area contributed by atoms with Crippen LogP contribution in [0.15, 0.2) is 0 Å². The molecule has 5 heteroatoms. The van der Waals surface area contributed by atoms with E-state index in [-0.39, 0.29) is 11.9 Å². The fourth-order valence-electron chi connectivity index (χ4n) is 1.61. The zero-order valence-corrected chi connectivity index (χ0v) is 11.6. The van der Waals surface area contributed by atoms with Crippen molar-refractivity contribution in [2.24, 2.45) is 0 Å². The van der Waals surface area contributed by atoms with Gasteiger partial charge in [-0.15, -0.1) is 0 Å². The summed E-state index contributed by atoms with van der Waals surface area (Å²) in [6.45, 7) is 6.54. The third-order valence-corrected chi connectivity index (χ3v) is 3.62. The normalized spacial score (nSPS) is 20.5. The number of rotatable bonds is 7. The highest BCUT2D eigenvalue weighted by Gasteiger charge is 2.19. The number of hydrogen-bond acceptors (Lipinski definition) is 4. The molecular weight excluding hydrogens is 236 g/mol. The van der Waals surface area contributed by atoms with Crippen LogP contribution in [0.1, 0.15) is 26.7 Å². The lowest BCUT2D eigenvalue weighted by Crippen LogP contribution is -2.49. The molecule has 0 radical (unpaired) electrons. The highest BCUT2D eigenvalue weighted by Crippen LogP contribution is 2.07. The molecule has 2 N–H and O–H groups in total. The summed E-state index contributed by atoms with van der Waals surface area (Å²) in [6.07, 6.45) is 2.29. The smallest absolute Gasteiger partial charge is 0.237 e. The Morgan fingerprint density at radius 1 is 1.53 bits per heavy atom. The molecule has 1 rings (SSSR count). The number of nitrogens with one attached hydrogen (secondary N) is 2. The average molecular weight is 260 g/mol. The van der Waals surface area contributed by atoms with Crippen LogP contribution in [0.3, 0.4) is 0 Å². The van der Waals surface area contributed by atoms with Gasteiger partial charge < -0.3 is 15.4 Å². The van der Waals surface area contributed by atoms with Crippen molar-refractivity contribution in [3.8, 4) is 0 Å². The first-order valence-corrected chi connectivity index (χ1v) is 7.56. The molecule has 0 aliphatic carbocycles. The van der Waals surface area contributed by atoms with Gasteiger partial charge in [0.05, 0.1) is 12.1 Å². The van der Waals surface area contributed by atoms with Crippen LogP contribution < -0.4 is 10.6 Å². The van der Waals surface area contributed by atoms with Crippen LogP contribution in [0.2, 0.25) is 0 Å². The van der Waals surface area contributed by atoms with Crippen LogP contribution >= 0.6 is 11.8 Å². The van der Waals surface area contributed by atoms with E-state index < -0.39 is 0 Å². The number of thioether (sulfide) groups is 1. The number of hydrogen-bond donors (Lipinski definition) is 2. The van der Waals surface area contributed by atoms with Gasteiger partial charge in [0.15, 0.2) is 0 Å². The van der Waals surface area contributed by atoms with Crippen LogP contribution in [0.5, 0.6) is 0 Å². The van der Waals surface area contributed by atoms with E-state index in [0.717, 1.165) is 44.0 Å². The summed E-state index contributed by atoms with van der Waals surface area (Å²) < 4.78 is 5.44. The Bertz CT molecular complexity index is 219. The first-order valence-electron chi connectivity index (χ1n) is 6.40. The molecule has 0 bridgehead atoms. The number of carbonyl (C=O) groups is 1. The quantitative estimate of drug-likeness (QED) is 0.671. The first-order chi connectivity index (χ1) is 8.20. The van der Waals surface area contributed by atoms with Crippen LogP contribution in [0, 0.1) is 0 Å².